The summed E-state index contributed by atoms with van der Waals surface area (Å²) < 4.78 is 16.1. The van der Waals surface area contributed by atoms with Crippen molar-refractivity contribution in [2.45, 2.75) is 13.3 Å². The van der Waals surface area contributed by atoms with E-state index in [4.69, 9.17) is 14.7 Å². The van der Waals surface area contributed by atoms with Gasteiger partial charge in [0.1, 0.15) is 0 Å². The number of rotatable bonds is 8. The van der Waals surface area contributed by atoms with Crippen LogP contribution in [0, 0.1) is 11.3 Å². The summed E-state index contributed by atoms with van der Waals surface area (Å²) >= 11 is 4.51. The van der Waals surface area contributed by atoms with E-state index in [-0.39, 0.29) is 13.0 Å². The molecule has 0 spiro atoms. The van der Waals surface area contributed by atoms with Crippen LogP contribution < -0.4 is 14.8 Å². The first-order chi connectivity index (χ1) is 13.0. The number of carbonyl (C=O) groups excluding carboxylic acids is 2. The Labute approximate surface area is 168 Å². The highest BCUT2D eigenvalue weighted by molar-refractivity contribution is 9.10. The molecule has 2 aromatic rings. The van der Waals surface area contributed by atoms with Gasteiger partial charge in [0.25, 0.3) is 5.91 Å². The van der Waals surface area contributed by atoms with Gasteiger partial charge in [0.15, 0.2) is 23.2 Å². The molecular formula is C17H16BrN3O5S. The molecule has 1 aromatic carbocycles. The number of nitrogens with zero attached hydrogens (tertiary/aromatic N) is 2. The number of halogens is 1. The topological polar surface area (TPSA) is 111 Å². The minimum absolute atomic E-state index is 0.0370. The average molecular weight is 454 g/mol. The maximum atomic E-state index is 12.1. The Bertz CT molecular complexity index is 878. The molecule has 8 nitrogen and oxygen atoms in total. The Kier molecular flexibility index (Phi) is 7.57. The third-order valence-electron chi connectivity index (χ3n) is 3.14. The molecule has 1 aromatic heterocycles. The molecule has 0 unspecified atom stereocenters. The van der Waals surface area contributed by atoms with Crippen molar-refractivity contribution in [3.8, 4) is 17.6 Å². The molecule has 10 heteroatoms. The van der Waals surface area contributed by atoms with Gasteiger partial charge in [-0.1, -0.05) is 0 Å². The Morgan fingerprint density at radius 3 is 2.81 bits per heavy atom. The van der Waals surface area contributed by atoms with E-state index in [0.717, 1.165) is 0 Å². The van der Waals surface area contributed by atoms with Gasteiger partial charge in [0, 0.05) is 11.4 Å². The maximum Gasteiger partial charge on any atom is 0.311 e. The van der Waals surface area contributed by atoms with Crippen LogP contribution >= 0.6 is 27.3 Å². The zero-order chi connectivity index (χ0) is 19.8. The Morgan fingerprint density at radius 2 is 2.15 bits per heavy atom. The predicted octanol–water partition coefficient (Wildman–Crippen LogP) is 2.91. The highest BCUT2D eigenvalue weighted by Crippen LogP contribution is 2.36. The largest absolute Gasteiger partial charge is 0.490 e. The molecule has 0 atom stereocenters. The highest BCUT2D eigenvalue weighted by atomic mass is 79.9. The molecule has 0 radical (unpaired) electrons. The van der Waals surface area contributed by atoms with Gasteiger partial charge in [-0.05, 0) is 28.9 Å². The Hall–Kier alpha value is -2.64. The number of esters is 1. The number of nitriles is 1. The van der Waals surface area contributed by atoms with Crippen LogP contribution in [0.15, 0.2) is 22.0 Å². The van der Waals surface area contributed by atoms with E-state index < -0.39 is 11.9 Å². The monoisotopic (exact) mass is 453 g/mol. The molecule has 0 aliphatic heterocycles. The summed E-state index contributed by atoms with van der Waals surface area (Å²) in [6.45, 7) is 1.90. The summed E-state index contributed by atoms with van der Waals surface area (Å²) in [5.74, 6) is -0.134. The fourth-order valence-electron chi connectivity index (χ4n) is 1.99. The molecule has 1 heterocycles. The van der Waals surface area contributed by atoms with E-state index in [0.29, 0.717) is 39.0 Å². The molecule has 0 saturated heterocycles. The van der Waals surface area contributed by atoms with E-state index in [9.17, 15) is 9.59 Å². The van der Waals surface area contributed by atoms with Gasteiger partial charge < -0.3 is 14.2 Å². The fraction of sp³-hybridized carbons (Fsp3) is 0.294. The number of benzene rings is 1. The third kappa shape index (κ3) is 5.94. The van der Waals surface area contributed by atoms with Gasteiger partial charge in [-0.15, -0.1) is 11.3 Å². The van der Waals surface area contributed by atoms with Crippen molar-refractivity contribution < 1.29 is 23.8 Å². The summed E-state index contributed by atoms with van der Waals surface area (Å²) in [7, 11) is 1.30. The average Bonchev–Trinajstić information content (AvgIpc) is 3.07. The molecule has 0 bridgehead atoms. The summed E-state index contributed by atoms with van der Waals surface area (Å²) in [6, 6.07) is 5.15. The molecular weight excluding hydrogens is 438 g/mol. The van der Waals surface area contributed by atoms with E-state index >= 15 is 0 Å². The first-order valence-electron chi connectivity index (χ1n) is 7.77. The second-order valence-electron chi connectivity index (χ2n) is 5.06. The van der Waals surface area contributed by atoms with Crippen LogP contribution in [0.25, 0.3) is 0 Å². The van der Waals surface area contributed by atoms with E-state index in [1.807, 2.05) is 6.07 Å². The molecule has 0 fully saturated rings. The van der Waals surface area contributed by atoms with Crippen LogP contribution in [0.2, 0.25) is 0 Å². The predicted molar refractivity (Wildman–Crippen MR) is 102 cm³/mol. The van der Waals surface area contributed by atoms with Crippen LogP contribution in [-0.2, 0) is 20.7 Å². The van der Waals surface area contributed by atoms with Gasteiger partial charge >= 0.3 is 5.97 Å². The minimum atomic E-state index is -0.423. The minimum Gasteiger partial charge on any atom is -0.490 e. The number of ether oxygens (including phenoxy) is 3. The van der Waals surface area contributed by atoms with Crippen molar-refractivity contribution in [1.82, 2.24) is 4.98 Å². The number of aromatic nitrogens is 1. The van der Waals surface area contributed by atoms with Crippen LogP contribution in [0.1, 0.15) is 18.2 Å². The second-order valence-corrected chi connectivity index (χ2v) is 6.78. The van der Waals surface area contributed by atoms with Crippen molar-refractivity contribution in [2.75, 3.05) is 25.6 Å². The summed E-state index contributed by atoms with van der Waals surface area (Å²) in [6.07, 6.45) is 0.0370. The molecule has 27 heavy (non-hydrogen) atoms. The number of amides is 1. The SMILES string of the molecule is CCOc1cc(C#N)cc(Br)c1OCC(=O)Nc1nc(CC(=O)OC)cs1. The number of thiazole rings is 1. The van der Waals surface area contributed by atoms with Gasteiger partial charge in [-0.2, -0.15) is 5.26 Å². The number of carbonyl (C=O) groups is 2. The molecule has 0 saturated carbocycles. The molecule has 1 N–H and O–H groups in total. The molecule has 1 amide bonds. The lowest BCUT2D eigenvalue weighted by molar-refractivity contribution is -0.139. The lowest BCUT2D eigenvalue weighted by atomic mass is 10.2. The van der Waals surface area contributed by atoms with E-state index in [1.165, 1.54) is 18.4 Å². The van der Waals surface area contributed by atoms with Gasteiger partial charge in [0.2, 0.25) is 0 Å². The Balaban J connectivity index is 1.99. The zero-order valence-corrected chi connectivity index (χ0v) is 17.0. The zero-order valence-electron chi connectivity index (χ0n) is 14.6. The number of hydrogen-bond donors (Lipinski definition) is 1. The van der Waals surface area contributed by atoms with E-state index in [1.54, 1.807) is 24.4 Å². The molecule has 0 aliphatic rings. The summed E-state index contributed by atoms with van der Waals surface area (Å²) in [5, 5.41) is 13.7. The highest BCUT2D eigenvalue weighted by Gasteiger charge is 2.15. The smallest absolute Gasteiger partial charge is 0.311 e. The number of methoxy groups -OCH3 is 1. The standard InChI is InChI=1S/C17H16BrN3O5S/c1-3-25-13-5-10(7-19)4-12(18)16(13)26-8-14(22)21-17-20-11(9-27-17)6-15(23)24-2/h4-5,9H,3,6,8H2,1-2H3,(H,20,21,22). The summed E-state index contributed by atoms with van der Waals surface area (Å²) in [4.78, 5) is 27.5. The van der Waals surface area contributed by atoms with Crippen molar-refractivity contribution in [2.24, 2.45) is 0 Å². The number of nitrogens with one attached hydrogen (secondary N) is 1. The van der Waals surface area contributed by atoms with Crippen molar-refractivity contribution >= 4 is 44.3 Å². The summed E-state index contributed by atoms with van der Waals surface area (Å²) in [5.41, 5.74) is 0.916. The normalized spacial score (nSPS) is 10.0. The van der Waals surface area contributed by atoms with Gasteiger partial charge in [-0.3, -0.25) is 14.9 Å². The van der Waals surface area contributed by atoms with Crippen LogP contribution in [-0.4, -0.2) is 37.2 Å². The van der Waals surface area contributed by atoms with Crippen molar-refractivity contribution in [3.63, 3.8) is 0 Å². The lowest BCUT2D eigenvalue weighted by Gasteiger charge is -2.13. The maximum absolute atomic E-state index is 12.1. The quantitative estimate of drug-likeness (QED) is 0.611. The van der Waals surface area contributed by atoms with Crippen molar-refractivity contribution in [1.29, 1.82) is 5.26 Å². The molecule has 2 rings (SSSR count). The van der Waals surface area contributed by atoms with Crippen LogP contribution in [0.3, 0.4) is 0 Å². The molecule has 0 aliphatic carbocycles. The van der Waals surface area contributed by atoms with Crippen LogP contribution in [0.5, 0.6) is 11.5 Å². The van der Waals surface area contributed by atoms with E-state index in [2.05, 4.69) is 31.0 Å². The molecule has 142 valence electrons. The fourth-order valence-corrected chi connectivity index (χ4v) is 3.28. The number of hydrogen-bond acceptors (Lipinski definition) is 8. The van der Waals surface area contributed by atoms with Crippen LogP contribution in [0.4, 0.5) is 5.13 Å². The first-order valence-corrected chi connectivity index (χ1v) is 9.44. The second kappa shape index (κ2) is 9.89. The van der Waals surface area contributed by atoms with Crippen molar-refractivity contribution in [3.05, 3.63) is 33.2 Å². The Morgan fingerprint density at radius 1 is 1.37 bits per heavy atom. The lowest BCUT2D eigenvalue weighted by Crippen LogP contribution is -2.20. The van der Waals surface area contributed by atoms with Gasteiger partial charge in [-0.25, -0.2) is 4.98 Å². The first kappa shape index (κ1) is 20.7. The van der Waals surface area contributed by atoms with Gasteiger partial charge in [0.05, 0.1) is 41.9 Å². The third-order valence-corrected chi connectivity index (χ3v) is 4.53. The number of anilines is 1.